The van der Waals surface area contributed by atoms with Crippen molar-refractivity contribution in [1.29, 1.82) is 0 Å². The average molecular weight is 447 g/mol. The van der Waals surface area contributed by atoms with Crippen molar-refractivity contribution in [2.45, 2.75) is 19.8 Å². The van der Waals surface area contributed by atoms with E-state index >= 15 is 0 Å². The molecule has 3 aromatic rings. The van der Waals surface area contributed by atoms with Gasteiger partial charge in [0.05, 0.1) is 38.1 Å². The standard InChI is InChI=1S/C26H25NO6/c1-15(28)14-33-26(29)23-18-7-5-6-8-20(18)27-24-17(9-10-19(23)24)11-16-12-21(30-2)25(32-4)22(13-16)31-3/h5-8,11-13H,9-10,14H2,1-4H3. The maximum Gasteiger partial charge on any atom is 0.339 e. The molecule has 2 aromatic carbocycles. The van der Waals surface area contributed by atoms with Gasteiger partial charge in [0.25, 0.3) is 0 Å². The second-order valence-electron chi connectivity index (χ2n) is 7.74. The van der Waals surface area contributed by atoms with Gasteiger partial charge in [0, 0.05) is 5.39 Å². The minimum atomic E-state index is -0.505. The molecule has 0 saturated carbocycles. The van der Waals surface area contributed by atoms with E-state index < -0.39 is 5.97 Å². The number of rotatable bonds is 7. The topological polar surface area (TPSA) is 84.0 Å². The predicted molar refractivity (Wildman–Crippen MR) is 125 cm³/mol. The molecule has 0 unspecified atom stereocenters. The zero-order chi connectivity index (χ0) is 23.5. The van der Waals surface area contributed by atoms with Crippen molar-refractivity contribution in [3.8, 4) is 17.2 Å². The SMILES string of the molecule is COc1cc(C=C2CCc3c2nc2ccccc2c3C(=O)OCC(C)=O)cc(OC)c1OC. The summed E-state index contributed by atoms with van der Waals surface area (Å²) in [6, 6.07) is 11.2. The quantitative estimate of drug-likeness (QED) is 0.493. The van der Waals surface area contributed by atoms with Crippen molar-refractivity contribution < 1.29 is 28.5 Å². The van der Waals surface area contributed by atoms with Crippen molar-refractivity contribution in [2.24, 2.45) is 0 Å². The van der Waals surface area contributed by atoms with Gasteiger partial charge in [-0.2, -0.15) is 0 Å². The summed E-state index contributed by atoms with van der Waals surface area (Å²) in [6.45, 7) is 1.14. The van der Waals surface area contributed by atoms with Gasteiger partial charge in [-0.15, -0.1) is 0 Å². The highest BCUT2D eigenvalue weighted by atomic mass is 16.5. The fourth-order valence-corrected chi connectivity index (χ4v) is 4.14. The number of nitrogens with zero attached hydrogens (tertiary/aromatic N) is 1. The molecule has 1 aliphatic rings. The third kappa shape index (κ3) is 4.26. The summed E-state index contributed by atoms with van der Waals surface area (Å²) in [4.78, 5) is 29.2. The number of benzene rings is 2. The van der Waals surface area contributed by atoms with E-state index in [1.165, 1.54) is 6.92 Å². The van der Waals surface area contributed by atoms with Crippen molar-refractivity contribution in [3.05, 3.63) is 58.8 Å². The van der Waals surface area contributed by atoms with Gasteiger partial charge in [-0.3, -0.25) is 4.79 Å². The van der Waals surface area contributed by atoms with Gasteiger partial charge in [0.1, 0.15) is 6.61 Å². The van der Waals surface area contributed by atoms with Gasteiger partial charge in [-0.05, 0) is 60.7 Å². The molecule has 1 aliphatic carbocycles. The second kappa shape index (κ2) is 9.32. The predicted octanol–water partition coefficient (Wildman–Crippen LogP) is 4.49. The van der Waals surface area contributed by atoms with Crippen molar-refractivity contribution in [1.82, 2.24) is 4.98 Å². The molecule has 7 heteroatoms. The second-order valence-corrected chi connectivity index (χ2v) is 7.74. The van der Waals surface area contributed by atoms with Gasteiger partial charge < -0.3 is 18.9 Å². The first-order valence-electron chi connectivity index (χ1n) is 10.6. The fraction of sp³-hybridized carbons (Fsp3) is 0.269. The van der Waals surface area contributed by atoms with Crippen LogP contribution in [0.3, 0.4) is 0 Å². The number of hydrogen-bond donors (Lipinski definition) is 0. The molecule has 33 heavy (non-hydrogen) atoms. The van der Waals surface area contributed by atoms with Crippen LogP contribution in [-0.2, 0) is 16.0 Å². The summed E-state index contributed by atoms with van der Waals surface area (Å²) in [5.74, 6) is 0.924. The van der Waals surface area contributed by atoms with E-state index in [9.17, 15) is 9.59 Å². The highest BCUT2D eigenvalue weighted by molar-refractivity contribution is 6.07. The molecule has 4 rings (SSSR count). The largest absolute Gasteiger partial charge is 0.493 e. The number of pyridine rings is 1. The van der Waals surface area contributed by atoms with Gasteiger partial charge in [-0.25, -0.2) is 9.78 Å². The Hall–Kier alpha value is -3.87. The van der Waals surface area contributed by atoms with Crippen LogP contribution in [0.4, 0.5) is 0 Å². The number of fused-ring (bicyclic) bond motifs is 2. The molecular formula is C26H25NO6. The number of esters is 1. The molecule has 0 aliphatic heterocycles. The summed E-state index contributed by atoms with van der Waals surface area (Å²) >= 11 is 0. The number of aromatic nitrogens is 1. The number of hydrogen-bond acceptors (Lipinski definition) is 7. The Bertz CT molecular complexity index is 1250. The highest BCUT2D eigenvalue weighted by Crippen LogP contribution is 2.41. The molecule has 1 heterocycles. The lowest BCUT2D eigenvalue weighted by molar-refractivity contribution is -0.120. The Morgan fingerprint density at radius 2 is 1.70 bits per heavy atom. The Morgan fingerprint density at radius 1 is 1.00 bits per heavy atom. The number of Topliss-reactive ketones (excluding diaryl/α,β-unsaturated/α-hetero) is 1. The van der Waals surface area contributed by atoms with Crippen LogP contribution in [0.1, 0.15) is 40.5 Å². The average Bonchev–Trinajstić information content (AvgIpc) is 3.21. The Kier molecular flexibility index (Phi) is 6.31. The van der Waals surface area contributed by atoms with Crippen molar-refractivity contribution >= 4 is 34.3 Å². The number of methoxy groups -OCH3 is 3. The maximum atomic E-state index is 13.0. The monoisotopic (exact) mass is 447 g/mol. The van der Waals surface area contributed by atoms with Gasteiger partial charge in [0.15, 0.2) is 17.3 Å². The molecule has 170 valence electrons. The molecule has 0 N–H and O–H groups in total. The van der Waals surface area contributed by atoms with E-state index in [-0.39, 0.29) is 12.4 Å². The van der Waals surface area contributed by atoms with E-state index in [1.54, 1.807) is 21.3 Å². The number of carbonyl (C=O) groups excluding carboxylic acids is 2. The normalized spacial score (nSPS) is 13.6. The maximum absolute atomic E-state index is 13.0. The first-order chi connectivity index (χ1) is 16.0. The smallest absolute Gasteiger partial charge is 0.339 e. The van der Waals surface area contributed by atoms with Crippen LogP contribution in [0, 0.1) is 0 Å². The van der Waals surface area contributed by atoms with Crippen LogP contribution in [-0.4, -0.2) is 44.7 Å². The van der Waals surface area contributed by atoms with E-state index in [4.69, 9.17) is 23.9 Å². The zero-order valence-electron chi connectivity index (χ0n) is 19.1. The molecule has 0 radical (unpaired) electrons. The summed E-state index contributed by atoms with van der Waals surface area (Å²) in [5.41, 5.74) is 4.63. The summed E-state index contributed by atoms with van der Waals surface area (Å²) < 4.78 is 21.6. The molecule has 0 spiro atoms. The highest BCUT2D eigenvalue weighted by Gasteiger charge is 2.28. The molecular weight excluding hydrogens is 422 g/mol. The van der Waals surface area contributed by atoms with Crippen LogP contribution < -0.4 is 14.2 Å². The van der Waals surface area contributed by atoms with E-state index in [0.717, 1.165) is 27.8 Å². The molecule has 0 saturated heterocycles. The van der Waals surface area contributed by atoms with E-state index in [1.807, 2.05) is 42.5 Å². The molecule has 0 bridgehead atoms. The van der Waals surface area contributed by atoms with Crippen LogP contribution in [0.5, 0.6) is 17.2 Å². The van der Waals surface area contributed by atoms with E-state index in [0.29, 0.717) is 41.2 Å². The number of allylic oxidation sites excluding steroid dienone is 1. The van der Waals surface area contributed by atoms with Crippen LogP contribution in [0.15, 0.2) is 36.4 Å². The zero-order valence-corrected chi connectivity index (χ0v) is 19.1. The Morgan fingerprint density at radius 3 is 2.33 bits per heavy atom. The minimum absolute atomic E-state index is 0.207. The van der Waals surface area contributed by atoms with Gasteiger partial charge >= 0.3 is 5.97 Å². The number of ether oxygens (including phenoxy) is 4. The lowest BCUT2D eigenvalue weighted by atomic mass is 10.0. The molecule has 0 amide bonds. The number of carbonyl (C=O) groups is 2. The minimum Gasteiger partial charge on any atom is -0.493 e. The van der Waals surface area contributed by atoms with Crippen molar-refractivity contribution in [3.63, 3.8) is 0 Å². The first kappa shape index (κ1) is 22.3. The summed E-state index contributed by atoms with van der Waals surface area (Å²) in [6.07, 6.45) is 3.37. The number of para-hydroxylation sites is 1. The fourth-order valence-electron chi connectivity index (χ4n) is 4.14. The Balaban J connectivity index is 1.84. The molecule has 0 fully saturated rings. The number of ketones is 1. The lowest BCUT2D eigenvalue weighted by Gasteiger charge is -2.13. The Labute approximate surface area is 191 Å². The van der Waals surface area contributed by atoms with Crippen LogP contribution >= 0.6 is 0 Å². The van der Waals surface area contributed by atoms with Crippen LogP contribution in [0.2, 0.25) is 0 Å². The molecule has 7 nitrogen and oxygen atoms in total. The molecule has 0 atom stereocenters. The van der Waals surface area contributed by atoms with Crippen LogP contribution in [0.25, 0.3) is 22.6 Å². The van der Waals surface area contributed by atoms with Gasteiger partial charge in [0.2, 0.25) is 5.75 Å². The molecule has 1 aromatic heterocycles. The van der Waals surface area contributed by atoms with E-state index in [2.05, 4.69) is 0 Å². The summed E-state index contributed by atoms with van der Waals surface area (Å²) in [5, 5.41) is 0.721. The first-order valence-corrected chi connectivity index (χ1v) is 10.6. The third-order valence-corrected chi connectivity index (χ3v) is 5.58. The lowest BCUT2D eigenvalue weighted by Crippen LogP contribution is -2.14. The van der Waals surface area contributed by atoms with Gasteiger partial charge in [-0.1, -0.05) is 18.2 Å². The van der Waals surface area contributed by atoms with Crippen molar-refractivity contribution in [2.75, 3.05) is 27.9 Å². The third-order valence-electron chi connectivity index (χ3n) is 5.58. The summed E-state index contributed by atoms with van der Waals surface area (Å²) in [7, 11) is 4.71.